The van der Waals surface area contributed by atoms with Gasteiger partial charge in [0.2, 0.25) is 0 Å². The van der Waals surface area contributed by atoms with Crippen molar-refractivity contribution in [3.63, 3.8) is 0 Å². The van der Waals surface area contributed by atoms with Crippen LogP contribution in [0.15, 0.2) is 34.4 Å². The Labute approximate surface area is 150 Å². The lowest BCUT2D eigenvalue weighted by Crippen LogP contribution is -2.58. The maximum Gasteiger partial charge on any atom is 0.317 e. The third-order valence-corrected chi connectivity index (χ3v) is 5.45. The lowest BCUT2D eigenvalue weighted by molar-refractivity contribution is 0.0441. The van der Waals surface area contributed by atoms with Gasteiger partial charge in [-0.3, -0.25) is 4.79 Å². The number of pyridine rings is 1. The van der Waals surface area contributed by atoms with Crippen LogP contribution in [0.2, 0.25) is 0 Å². The summed E-state index contributed by atoms with van der Waals surface area (Å²) in [5.41, 5.74) is 0.942. The summed E-state index contributed by atoms with van der Waals surface area (Å²) >= 11 is 1.63. The number of thiophene rings is 1. The second-order valence-electron chi connectivity index (χ2n) is 6.65. The van der Waals surface area contributed by atoms with Crippen molar-refractivity contribution in [1.82, 2.24) is 14.8 Å². The Morgan fingerprint density at radius 3 is 2.80 bits per heavy atom. The van der Waals surface area contributed by atoms with E-state index in [4.69, 9.17) is 4.74 Å². The quantitative estimate of drug-likeness (QED) is 0.892. The highest BCUT2D eigenvalue weighted by Crippen LogP contribution is 2.35. The van der Waals surface area contributed by atoms with Gasteiger partial charge < -0.3 is 19.5 Å². The summed E-state index contributed by atoms with van der Waals surface area (Å²) in [6, 6.07) is 7.74. The van der Waals surface area contributed by atoms with E-state index < -0.39 is 0 Å². The minimum Gasteiger partial charge on any atom is -0.486 e. The Balaban J connectivity index is 1.28. The number of carbonyl (C=O) groups is 1. The van der Waals surface area contributed by atoms with Gasteiger partial charge in [0, 0.05) is 22.7 Å². The molecule has 1 aliphatic carbocycles. The van der Waals surface area contributed by atoms with Gasteiger partial charge in [-0.05, 0) is 37.3 Å². The molecule has 6 nitrogen and oxygen atoms in total. The number of hydrogen-bond donors (Lipinski definition) is 1. The van der Waals surface area contributed by atoms with Gasteiger partial charge >= 0.3 is 6.03 Å². The number of nitrogens with one attached hydrogen (secondary N) is 1. The zero-order valence-corrected chi connectivity index (χ0v) is 14.9. The van der Waals surface area contributed by atoms with Crippen LogP contribution >= 0.6 is 11.3 Å². The standard InChI is InChI=1S/C18H21N3O3S/c1-12-7-14(8-17(22)21(12)13-4-5-13)24-15-10-20(11-15)18(23)19-9-16-3-2-6-25-16/h2-3,6-8,13,15H,4-5,9-11H2,1H3,(H,19,23). The van der Waals surface area contributed by atoms with E-state index in [9.17, 15) is 9.59 Å². The van der Waals surface area contributed by atoms with Crippen LogP contribution in [0.1, 0.15) is 29.5 Å². The van der Waals surface area contributed by atoms with Gasteiger partial charge in [-0.1, -0.05) is 6.07 Å². The molecule has 4 rings (SSSR count). The number of likely N-dealkylation sites (tertiary alicyclic amines) is 1. The van der Waals surface area contributed by atoms with E-state index >= 15 is 0 Å². The van der Waals surface area contributed by atoms with E-state index in [0.29, 0.717) is 31.4 Å². The highest BCUT2D eigenvalue weighted by Gasteiger charge is 2.33. The Hall–Kier alpha value is -2.28. The molecular weight excluding hydrogens is 338 g/mol. The lowest BCUT2D eigenvalue weighted by Gasteiger charge is -2.38. The lowest BCUT2D eigenvalue weighted by atomic mass is 10.2. The van der Waals surface area contributed by atoms with Crippen molar-refractivity contribution in [2.75, 3.05) is 13.1 Å². The number of aryl methyl sites for hydroxylation is 1. The average Bonchev–Trinajstić information content (AvgIpc) is 3.21. The highest BCUT2D eigenvalue weighted by atomic mass is 32.1. The highest BCUT2D eigenvalue weighted by molar-refractivity contribution is 7.09. The second-order valence-corrected chi connectivity index (χ2v) is 7.69. The largest absolute Gasteiger partial charge is 0.486 e. The van der Waals surface area contributed by atoms with Crippen LogP contribution in [0.25, 0.3) is 0 Å². The maximum atomic E-state index is 12.2. The molecule has 2 amide bonds. The average molecular weight is 359 g/mol. The van der Waals surface area contributed by atoms with Crippen LogP contribution in [0.5, 0.6) is 5.75 Å². The summed E-state index contributed by atoms with van der Waals surface area (Å²) in [5.74, 6) is 0.600. The predicted octanol–water partition coefficient (Wildman–Crippen LogP) is 2.53. The number of rotatable bonds is 5. The molecule has 2 aliphatic rings. The molecule has 3 heterocycles. The first-order valence-electron chi connectivity index (χ1n) is 8.55. The molecule has 2 fully saturated rings. The van der Waals surface area contributed by atoms with E-state index in [1.54, 1.807) is 22.3 Å². The summed E-state index contributed by atoms with van der Waals surface area (Å²) in [6.07, 6.45) is 2.11. The van der Waals surface area contributed by atoms with E-state index in [-0.39, 0.29) is 17.7 Å². The molecule has 1 aliphatic heterocycles. The normalized spacial score (nSPS) is 17.2. The zero-order valence-electron chi connectivity index (χ0n) is 14.1. The van der Waals surface area contributed by atoms with Gasteiger partial charge in [-0.2, -0.15) is 0 Å². The molecule has 2 aromatic rings. The second kappa shape index (κ2) is 6.55. The first-order chi connectivity index (χ1) is 12.1. The van der Waals surface area contributed by atoms with Gasteiger partial charge in [0.25, 0.3) is 5.56 Å². The van der Waals surface area contributed by atoms with Crippen LogP contribution in [0.3, 0.4) is 0 Å². The number of aromatic nitrogens is 1. The fraction of sp³-hybridized carbons (Fsp3) is 0.444. The van der Waals surface area contributed by atoms with Gasteiger partial charge in [-0.25, -0.2) is 4.79 Å². The molecule has 7 heteroatoms. The fourth-order valence-electron chi connectivity index (χ4n) is 3.11. The number of amides is 2. The molecule has 0 bridgehead atoms. The predicted molar refractivity (Wildman–Crippen MR) is 96.3 cm³/mol. The Kier molecular flexibility index (Phi) is 4.25. The number of carbonyl (C=O) groups excluding carboxylic acids is 1. The molecule has 25 heavy (non-hydrogen) atoms. The topological polar surface area (TPSA) is 63.6 Å². The SMILES string of the molecule is Cc1cc(OC2CN(C(=O)NCc3cccs3)C2)cc(=O)n1C1CC1. The van der Waals surface area contributed by atoms with E-state index in [2.05, 4.69) is 5.32 Å². The van der Waals surface area contributed by atoms with E-state index in [1.165, 1.54) is 0 Å². The molecule has 0 aromatic carbocycles. The maximum absolute atomic E-state index is 12.2. The number of urea groups is 1. The van der Waals surface area contributed by atoms with Crippen molar-refractivity contribution in [1.29, 1.82) is 0 Å². The van der Waals surface area contributed by atoms with Crippen LogP contribution in [0, 0.1) is 6.92 Å². The Morgan fingerprint density at radius 1 is 1.36 bits per heavy atom. The van der Waals surface area contributed by atoms with Crippen molar-refractivity contribution in [2.24, 2.45) is 0 Å². The number of hydrogen-bond acceptors (Lipinski definition) is 4. The van der Waals surface area contributed by atoms with Crippen molar-refractivity contribution < 1.29 is 9.53 Å². The van der Waals surface area contributed by atoms with Crippen LogP contribution in [0.4, 0.5) is 4.79 Å². The molecule has 132 valence electrons. The van der Waals surface area contributed by atoms with Gasteiger partial charge in [0.05, 0.1) is 19.6 Å². The molecule has 0 spiro atoms. The molecular formula is C18H21N3O3S. The summed E-state index contributed by atoms with van der Waals surface area (Å²) in [7, 11) is 0. The van der Waals surface area contributed by atoms with Crippen molar-refractivity contribution in [3.8, 4) is 5.75 Å². The van der Waals surface area contributed by atoms with Crippen LogP contribution in [-0.4, -0.2) is 34.7 Å². The van der Waals surface area contributed by atoms with Gasteiger partial charge in [-0.15, -0.1) is 11.3 Å². The molecule has 1 N–H and O–H groups in total. The summed E-state index contributed by atoms with van der Waals surface area (Å²) < 4.78 is 7.71. The fourth-order valence-corrected chi connectivity index (χ4v) is 3.75. The van der Waals surface area contributed by atoms with Crippen molar-refractivity contribution in [3.05, 3.63) is 50.6 Å². The first-order valence-corrected chi connectivity index (χ1v) is 9.43. The van der Waals surface area contributed by atoms with Crippen LogP contribution < -0.4 is 15.6 Å². The van der Waals surface area contributed by atoms with E-state index in [1.807, 2.05) is 35.1 Å². The molecule has 2 aromatic heterocycles. The molecule has 1 saturated heterocycles. The third-order valence-electron chi connectivity index (χ3n) is 4.58. The monoisotopic (exact) mass is 359 g/mol. The minimum absolute atomic E-state index is 0.00219. The van der Waals surface area contributed by atoms with Gasteiger partial charge in [0.15, 0.2) is 0 Å². The Morgan fingerprint density at radius 2 is 2.16 bits per heavy atom. The van der Waals surface area contributed by atoms with Crippen molar-refractivity contribution >= 4 is 17.4 Å². The zero-order chi connectivity index (χ0) is 17.4. The smallest absolute Gasteiger partial charge is 0.317 e. The minimum atomic E-state index is -0.0754. The third kappa shape index (κ3) is 3.56. The summed E-state index contributed by atoms with van der Waals surface area (Å²) in [5, 5.41) is 4.90. The van der Waals surface area contributed by atoms with Crippen LogP contribution in [-0.2, 0) is 6.54 Å². The first kappa shape index (κ1) is 16.2. The van der Waals surface area contributed by atoms with E-state index in [0.717, 1.165) is 23.4 Å². The van der Waals surface area contributed by atoms with Crippen molar-refractivity contribution in [2.45, 2.75) is 38.5 Å². The number of nitrogens with zero attached hydrogens (tertiary/aromatic N) is 2. The Bertz CT molecular complexity index is 821. The molecule has 0 radical (unpaired) electrons. The summed E-state index contributed by atoms with van der Waals surface area (Å²) in [6.45, 7) is 3.58. The molecule has 0 atom stereocenters. The molecule has 1 saturated carbocycles. The number of ether oxygens (including phenoxy) is 1. The molecule has 0 unspecified atom stereocenters. The van der Waals surface area contributed by atoms with Gasteiger partial charge in [0.1, 0.15) is 11.9 Å². The summed E-state index contributed by atoms with van der Waals surface area (Å²) in [4.78, 5) is 27.1.